The van der Waals surface area contributed by atoms with E-state index in [0.29, 0.717) is 5.82 Å². The van der Waals surface area contributed by atoms with E-state index in [0.717, 1.165) is 24.4 Å². The Morgan fingerprint density at radius 3 is 2.38 bits per heavy atom. The van der Waals surface area contributed by atoms with Crippen LogP contribution >= 0.6 is 0 Å². The zero-order valence-electron chi connectivity index (χ0n) is 12.6. The van der Waals surface area contributed by atoms with Gasteiger partial charge in [0.25, 0.3) is 0 Å². The summed E-state index contributed by atoms with van der Waals surface area (Å²) < 4.78 is 44.5. The van der Waals surface area contributed by atoms with E-state index in [1.54, 1.807) is 24.8 Å². The SMILES string of the molecule is COC(c1ccc(-n2cc(-c3ccncc3)cn2)nc1)C(F)(F)F. The molecular weight excluding hydrogens is 321 g/mol. The molecule has 0 spiro atoms. The van der Waals surface area contributed by atoms with Gasteiger partial charge in [-0.05, 0) is 23.8 Å². The van der Waals surface area contributed by atoms with Gasteiger partial charge in [0.1, 0.15) is 0 Å². The van der Waals surface area contributed by atoms with Gasteiger partial charge in [0.05, 0.1) is 6.20 Å². The number of methoxy groups -OCH3 is 1. The molecule has 0 fully saturated rings. The van der Waals surface area contributed by atoms with Gasteiger partial charge in [0.15, 0.2) is 11.9 Å². The molecule has 3 rings (SSSR count). The van der Waals surface area contributed by atoms with Crippen molar-refractivity contribution < 1.29 is 17.9 Å². The quantitative estimate of drug-likeness (QED) is 0.732. The lowest BCUT2D eigenvalue weighted by molar-refractivity contribution is -0.216. The van der Waals surface area contributed by atoms with Crippen molar-refractivity contribution in [3.63, 3.8) is 0 Å². The molecule has 0 saturated carbocycles. The number of aromatic nitrogens is 4. The fourth-order valence-electron chi connectivity index (χ4n) is 2.29. The Hall–Kier alpha value is -2.74. The molecule has 1 atom stereocenters. The van der Waals surface area contributed by atoms with E-state index < -0.39 is 12.3 Å². The van der Waals surface area contributed by atoms with Crippen molar-refractivity contribution in [2.45, 2.75) is 12.3 Å². The van der Waals surface area contributed by atoms with E-state index in [1.807, 2.05) is 12.1 Å². The third-order valence-electron chi connectivity index (χ3n) is 3.44. The van der Waals surface area contributed by atoms with Crippen molar-refractivity contribution in [3.8, 4) is 16.9 Å². The van der Waals surface area contributed by atoms with Crippen molar-refractivity contribution in [2.75, 3.05) is 7.11 Å². The molecule has 0 radical (unpaired) electrons. The highest BCUT2D eigenvalue weighted by Crippen LogP contribution is 2.35. The maximum absolute atomic E-state index is 12.8. The summed E-state index contributed by atoms with van der Waals surface area (Å²) in [6.45, 7) is 0. The summed E-state index contributed by atoms with van der Waals surface area (Å²) in [6, 6.07) is 6.48. The Morgan fingerprint density at radius 2 is 1.79 bits per heavy atom. The standard InChI is InChI=1S/C16H13F3N4O/c1-24-15(16(17,18)19)12-2-3-14(21-8-12)23-10-13(9-22-23)11-4-6-20-7-5-11/h2-10,15H,1H3. The molecule has 8 heteroatoms. The third kappa shape index (κ3) is 3.28. The third-order valence-corrected chi connectivity index (χ3v) is 3.44. The van der Waals surface area contributed by atoms with Crippen LogP contribution in [0.15, 0.2) is 55.2 Å². The van der Waals surface area contributed by atoms with Gasteiger partial charge in [-0.3, -0.25) is 4.98 Å². The molecule has 0 saturated heterocycles. The highest BCUT2D eigenvalue weighted by atomic mass is 19.4. The first-order chi connectivity index (χ1) is 11.5. The van der Waals surface area contributed by atoms with Crippen LogP contribution in [0, 0.1) is 0 Å². The van der Waals surface area contributed by atoms with Gasteiger partial charge in [0.2, 0.25) is 0 Å². The number of rotatable bonds is 4. The second-order valence-electron chi connectivity index (χ2n) is 5.02. The number of halogens is 3. The summed E-state index contributed by atoms with van der Waals surface area (Å²) in [5, 5.41) is 4.19. The summed E-state index contributed by atoms with van der Waals surface area (Å²) >= 11 is 0. The Balaban J connectivity index is 1.85. The first-order valence-electron chi connectivity index (χ1n) is 7.00. The minimum Gasteiger partial charge on any atom is -0.367 e. The highest BCUT2D eigenvalue weighted by molar-refractivity contribution is 5.61. The average Bonchev–Trinajstić information content (AvgIpc) is 3.06. The number of pyridine rings is 2. The van der Waals surface area contributed by atoms with Crippen LogP contribution in [0.4, 0.5) is 13.2 Å². The molecule has 0 aliphatic carbocycles. The second-order valence-corrected chi connectivity index (χ2v) is 5.02. The van der Waals surface area contributed by atoms with Crippen LogP contribution in [0.3, 0.4) is 0 Å². The molecule has 3 aromatic rings. The summed E-state index contributed by atoms with van der Waals surface area (Å²) in [4.78, 5) is 7.99. The van der Waals surface area contributed by atoms with Gasteiger partial charge in [-0.15, -0.1) is 0 Å². The minimum absolute atomic E-state index is 0.0599. The molecule has 0 amide bonds. The number of alkyl halides is 3. The van der Waals surface area contributed by atoms with Crippen molar-refractivity contribution in [2.24, 2.45) is 0 Å². The Kier molecular flexibility index (Phi) is 4.30. The molecule has 0 N–H and O–H groups in total. The van der Waals surface area contributed by atoms with E-state index in [-0.39, 0.29) is 5.56 Å². The Morgan fingerprint density at radius 1 is 1.04 bits per heavy atom. The summed E-state index contributed by atoms with van der Waals surface area (Å²) in [7, 11) is 1.01. The van der Waals surface area contributed by atoms with Crippen molar-refractivity contribution in [1.29, 1.82) is 0 Å². The molecule has 3 heterocycles. The van der Waals surface area contributed by atoms with Crippen LogP contribution < -0.4 is 0 Å². The summed E-state index contributed by atoms with van der Waals surface area (Å²) in [5.74, 6) is 0.413. The van der Waals surface area contributed by atoms with Gasteiger partial charge in [-0.1, -0.05) is 6.07 Å². The lowest BCUT2D eigenvalue weighted by Crippen LogP contribution is -2.22. The first kappa shape index (κ1) is 16.1. The average molecular weight is 334 g/mol. The van der Waals surface area contributed by atoms with Gasteiger partial charge >= 0.3 is 6.18 Å². The Labute approximate surface area is 135 Å². The lowest BCUT2D eigenvalue weighted by Gasteiger charge is -2.18. The molecule has 24 heavy (non-hydrogen) atoms. The Bertz CT molecular complexity index is 800. The molecule has 0 aliphatic rings. The fourth-order valence-corrected chi connectivity index (χ4v) is 2.29. The monoisotopic (exact) mass is 334 g/mol. The molecule has 0 aliphatic heterocycles. The maximum atomic E-state index is 12.8. The maximum Gasteiger partial charge on any atom is 0.418 e. The molecule has 0 aromatic carbocycles. The zero-order valence-corrected chi connectivity index (χ0v) is 12.6. The number of hydrogen-bond donors (Lipinski definition) is 0. The van der Waals surface area contributed by atoms with E-state index in [9.17, 15) is 13.2 Å². The van der Waals surface area contributed by atoms with E-state index in [4.69, 9.17) is 0 Å². The van der Waals surface area contributed by atoms with Gasteiger partial charge < -0.3 is 4.74 Å². The predicted octanol–water partition coefficient (Wildman–Crippen LogP) is 3.58. The molecule has 5 nitrogen and oxygen atoms in total. The van der Waals surface area contributed by atoms with Gasteiger partial charge in [-0.25, -0.2) is 9.67 Å². The zero-order chi connectivity index (χ0) is 17.2. The first-order valence-corrected chi connectivity index (χ1v) is 7.00. The lowest BCUT2D eigenvalue weighted by atomic mass is 10.1. The van der Waals surface area contributed by atoms with Gasteiger partial charge in [-0.2, -0.15) is 18.3 Å². The summed E-state index contributed by atoms with van der Waals surface area (Å²) in [5.41, 5.74) is 1.73. The summed E-state index contributed by atoms with van der Waals surface area (Å²) in [6.07, 6.45) is 1.39. The second kappa shape index (κ2) is 6.40. The van der Waals surface area contributed by atoms with E-state index in [1.165, 1.54) is 16.8 Å². The van der Waals surface area contributed by atoms with Gasteiger partial charge in [0, 0.05) is 43.0 Å². The van der Waals surface area contributed by atoms with Crippen LogP contribution in [0.5, 0.6) is 0 Å². The smallest absolute Gasteiger partial charge is 0.367 e. The van der Waals surface area contributed by atoms with Crippen molar-refractivity contribution in [3.05, 3.63) is 60.8 Å². The topological polar surface area (TPSA) is 52.8 Å². The normalized spacial score (nSPS) is 13.0. The van der Waals surface area contributed by atoms with Crippen LogP contribution in [0.1, 0.15) is 11.7 Å². The minimum atomic E-state index is -4.49. The van der Waals surface area contributed by atoms with Crippen molar-refractivity contribution in [1.82, 2.24) is 19.7 Å². The van der Waals surface area contributed by atoms with E-state index >= 15 is 0 Å². The molecular formula is C16H13F3N4O. The van der Waals surface area contributed by atoms with Crippen LogP contribution in [-0.2, 0) is 4.74 Å². The predicted molar refractivity (Wildman–Crippen MR) is 80.4 cm³/mol. The molecule has 124 valence electrons. The molecule has 0 bridgehead atoms. The van der Waals surface area contributed by atoms with Crippen molar-refractivity contribution >= 4 is 0 Å². The fraction of sp³-hybridized carbons (Fsp3) is 0.188. The highest BCUT2D eigenvalue weighted by Gasteiger charge is 2.41. The van der Waals surface area contributed by atoms with Crippen LogP contribution in [0.25, 0.3) is 16.9 Å². The number of ether oxygens (including phenoxy) is 1. The number of hydrogen-bond acceptors (Lipinski definition) is 4. The number of nitrogens with zero attached hydrogens (tertiary/aromatic N) is 4. The largest absolute Gasteiger partial charge is 0.418 e. The van der Waals surface area contributed by atoms with Crippen LogP contribution in [-0.4, -0.2) is 33.0 Å². The van der Waals surface area contributed by atoms with Crippen LogP contribution in [0.2, 0.25) is 0 Å². The molecule has 3 aromatic heterocycles. The van der Waals surface area contributed by atoms with E-state index in [2.05, 4.69) is 19.8 Å². The molecule has 1 unspecified atom stereocenters.